The molecule has 1 heterocycles. The van der Waals surface area contributed by atoms with Gasteiger partial charge in [0.15, 0.2) is 0 Å². The second-order valence-corrected chi connectivity index (χ2v) is 5.69. The molecular formula is C12H21N3S. The Hall–Kier alpha value is -0.480. The predicted octanol–water partition coefficient (Wildman–Crippen LogP) is 2.42. The molecule has 1 aliphatic carbocycles. The molecule has 1 fully saturated rings. The van der Waals surface area contributed by atoms with Crippen molar-refractivity contribution in [2.24, 2.45) is 5.92 Å². The summed E-state index contributed by atoms with van der Waals surface area (Å²) in [5, 5.41) is 14.4. The molecule has 0 unspecified atom stereocenters. The van der Waals surface area contributed by atoms with Gasteiger partial charge >= 0.3 is 0 Å². The van der Waals surface area contributed by atoms with E-state index >= 15 is 0 Å². The minimum absolute atomic E-state index is 0.905. The first-order valence-electron chi connectivity index (χ1n) is 6.40. The molecule has 4 heteroatoms. The molecule has 0 amide bonds. The fraction of sp³-hybridized carbons (Fsp3) is 0.833. The normalized spacial score (nSPS) is 16.3. The molecule has 1 aromatic heterocycles. The van der Waals surface area contributed by atoms with Crippen LogP contribution < -0.4 is 5.32 Å². The number of hydrogen-bond donors (Lipinski definition) is 1. The van der Waals surface area contributed by atoms with Gasteiger partial charge < -0.3 is 5.32 Å². The molecule has 0 radical (unpaired) electrons. The van der Waals surface area contributed by atoms with Gasteiger partial charge in [-0.1, -0.05) is 26.2 Å². The molecule has 0 saturated heterocycles. The third-order valence-corrected chi connectivity index (χ3v) is 4.20. The van der Waals surface area contributed by atoms with Gasteiger partial charge in [0.1, 0.15) is 10.0 Å². The van der Waals surface area contributed by atoms with Gasteiger partial charge in [-0.15, -0.1) is 21.5 Å². The van der Waals surface area contributed by atoms with Crippen molar-refractivity contribution in [3.05, 3.63) is 10.0 Å². The summed E-state index contributed by atoms with van der Waals surface area (Å²) in [6, 6.07) is 0. The Morgan fingerprint density at radius 3 is 2.81 bits per heavy atom. The molecule has 2 rings (SSSR count). The van der Waals surface area contributed by atoms with E-state index in [0.29, 0.717) is 0 Å². The van der Waals surface area contributed by atoms with E-state index in [0.717, 1.165) is 25.4 Å². The van der Waals surface area contributed by atoms with Crippen molar-refractivity contribution in [3.8, 4) is 0 Å². The summed E-state index contributed by atoms with van der Waals surface area (Å²) in [7, 11) is 0. The first-order chi connectivity index (χ1) is 7.88. The van der Waals surface area contributed by atoms with Crippen LogP contribution in [0.15, 0.2) is 0 Å². The Morgan fingerprint density at radius 2 is 2.12 bits per heavy atom. The maximum absolute atomic E-state index is 4.29. The van der Waals surface area contributed by atoms with Crippen molar-refractivity contribution in [2.45, 2.75) is 45.4 Å². The standard InChI is InChI=1S/C12H21N3S/c1-2-13-8-4-7-11-14-15-12(16-11)9-10-5-3-6-10/h10,13H,2-9H2,1H3. The van der Waals surface area contributed by atoms with Gasteiger partial charge in [-0.3, -0.25) is 0 Å². The smallest absolute Gasteiger partial charge is 0.117 e. The van der Waals surface area contributed by atoms with E-state index in [4.69, 9.17) is 0 Å². The van der Waals surface area contributed by atoms with Crippen LogP contribution in [0.3, 0.4) is 0 Å². The van der Waals surface area contributed by atoms with Gasteiger partial charge in [-0.05, 0) is 25.4 Å². The van der Waals surface area contributed by atoms with Gasteiger partial charge in [0, 0.05) is 12.8 Å². The quantitative estimate of drug-likeness (QED) is 0.743. The Labute approximate surface area is 102 Å². The lowest BCUT2D eigenvalue weighted by Crippen LogP contribution is -2.14. The molecule has 1 N–H and O–H groups in total. The SMILES string of the molecule is CCNCCCc1nnc(CC2CCC2)s1. The van der Waals surface area contributed by atoms with Gasteiger partial charge in [0.25, 0.3) is 0 Å². The highest BCUT2D eigenvalue weighted by atomic mass is 32.1. The van der Waals surface area contributed by atoms with E-state index in [1.54, 1.807) is 0 Å². The van der Waals surface area contributed by atoms with Crippen molar-refractivity contribution in [1.29, 1.82) is 0 Å². The van der Waals surface area contributed by atoms with Crippen LogP contribution in [0.1, 0.15) is 42.6 Å². The van der Waals surface area contributed by atoms with E-state index < -0.39 is 0 Å². The topological polar surface area (TPSA) is 37.8 Å². The van der Waals surface area contributed by atoms with Crippen molar-refractivity contribution in [3.63, 3.8) is 0 Å². The first kappa shape index (κ1) is 12.0. The third-order valence-electron chi connectivity index (χ3n) is 3.19. The lowest BCUT2D eigenvalue weighted by Gasteiger charge is -2.23. The first-order valence-corrected chi connectivity index (χ1v) is 7.22. The molecule has 0 aliphatic heterocycles. The Balaban J connectivity index is 1.69. The molecule has 16 heavy (non-hydrogen) atoms. The molecule has 1 aliphatic rings. The monoisotopic (exact) mass is 239 g/mol. The number of aryl methyl sites for hydroxylation is 1. The zero-order valence-electron chi connectivity index (χ0n) is 10.0. The van der Waals surface area contributed by atoms with Crippen LogP contribution in [0, 0.1) is 5.92 Å². The van der Waals surface area contributed by atoms with Gasteiger partial charge in [0.2, 0.25) is 0 Å². The summed E-state index contributed by atoms with van der Waals surface area (Å²) >= 11 is 1.82. The van der Waals surface area contributed by atoms with Crippen LogP contribution in [0.2, 0.25) is 0 Å². The highest BCUT2D eigenvalue weighted by Crippen LogP contribution is 2.30. The molecule has 1 aromatic rings. The largest absolute Gasteiger partial charge is 0.317 e. The Morgan fingerprint density at radius 1 is 1.31 bits per heavy atom. The third kappa shape index (κ3) is 3.52. The zero-order chi connectivity index (χ0) is 11.2. The van der Waals surface area contributed by atoms with Gasteiger partial charge in [-0.25, -0.2) is 0 Å². The summed E-state index contributed by atoms with van der Waals surface area (Å²) in [5.41, 5.74) is 0. The molecule has 0 spiro atoms. The summed E-state index contributed by atoms with van der Waals surface area (Å²) in [6.45, 7) is 4.29. The maximum Gasteiger partial charge on any atom is 0.117 e. The van der Waals surface area contributed by atoms with Crippen LogP contribution >= 0.6 is 11.3 Å². The Bertz CT molecular complexity index is 307. The summed E-state index contributed by atoms with van der Waals surface area (Å²) in [5.74, 6) is 0.905. The highest BCUT2D eigenvalue weighted by molar-refractivity contribution is 7.11. The summed E-state index contributed by atoms with van der Waals surface area (Å²) in [6.07, 6.45) is 7.63. The minimum Gasteiger partial charge on any atom is -0.317 e. The fourth-order valence-corrected chi connectivity index (χ4v) is 2.96. The molecule has 0 atom stereocenters. The molecule has 0 bridgehead atoms. The second kappa shape index (κ2) is 6.30. The van der Waals surface area contributed by atoms with E-state index in [1.165, 1.54) is 42.1 Å². The molecule has 90 valence electrons. The maximum atomic E-state index is 4.29. The number of rotatable bonds is 7. The molecule has 3 nitrogen and oxygen atoms in total. The van der Waals surface area contributed by atoms with E-state index in [9.17, 15) is 0 Å². The molecule has 0 aromatic carbocycles. The average molecular weight is 239 g/mol. The van der Waals surface area contributed by atoms with Crippen molar-refractivity contribution in [2.75, 3.05) is 13.1 Å². The summed E-state index contributed by atoms with van der Waals surface area (Å²) < 4.78 is 0. The zero-order valence-corrected chi connectivity index (χ0v) is 10.9. The van der Waals surface area contributed by atoms with Crippen molar-refractivity contribution in [1.82, 2.24) is 15.5 Å². The van der Waals surface area contributed by atoms with E-state index in [-0.39, 0.29) is 0 Å². The van der Waals surface area contributed by atoms with Crippen LogP contribution in [0.5, 0.6) is 0 Å². The lowest BCUT2D eigenvalue weighted by molar-refractivity contribution is 0.313. The van der Waals surface area contributed by atoms with Crippen LogP contribution in [0.4, 0.5) is 0 Å². The van der Waals surface area contributed by atoms with Crippen LogP contribution in [0.25, 0.3) is 0 Å². The molecule has 1 saturated carbocycles. The minimum atomic E-state index is 0.905. The number of nitrogens with zero attached hydrogens (tertiary/aromatic N) is 2. The number of nitrogens with one attached hydrogen (secondary N) is 1. The van der Waals surface area contributed by atoms with Gasteiger partial charge in [0.05, 0.1) is 0 Å². The number of aromatic nitrogens is 2. The lowest BCUT2D eigenvalue weighted by atomic mass is 9.83. The number of hydrogen-bond acceptors (Lipinski definition) is 4. The predicted molar refractivity (Wildman–Crippen MR) is 67.8 cm³/mol. The molecular weight excluding hydrogens is 218 g/mol. The van der Waals surface area contributed by atoms with E-state index in [1.807, 2.05) is 11.3 Å². The van der Waals surface area contributed by atoms with Crippen LogP contribution in [-0.4, -0.2) is 23.3 Å². The summed E-state index contributed by atoms with van der Waals surface area (Å²) in [4.78, 5) is 0. The van der Waals surface area contributed by atoms with E-state index in [2.05, 4.69) is 22.4 Å². The van der Waals surface area contributed by atoms with Gasteiger partial charge in [-0.2, -0.15) is 0 Å². The average Bonchev–Trinajstić information content (AvgIpc) is 2.67. The van der Waals surface area contributed by atoms with Crippen LogP contribution in [-0.2, 0) is 12.8 Å². The Kier molecular flexibility index (Phi) is 4.72. The van der Waals surface area contributed by atoms with Crippen molar-refractivity contribution >= 4 is 11.3 Å². The fourth-order valence-electron chi connectivity index (χ4n) is 1.96. The highest BCUT2D eigenvalue weighted by Gasteiger charge is 2.19. The second-order valence-electron chi connectivity index (χ2n) is 4.55. The van der Waals surface area contributed by atoms with Crippen molar-refractivity contribution < 1.29 is 0 Å².